The van der Waals surface area contributed by atoms with Gasteiger partial charge in [-0.25, -0.2) is 9.97 Å². The maximum Gasteiger partial charge on any atom is 0.132 e. The number of nitrogens with zero attached hydrogens (tertiary/aromatic N) is 2. The van der Waals surface area contributed by atoms with E-state index in [1.165, 1.54) is 67.5 Å². The van der Waals surface area contributed by atoms with Crippen molar-refractivity contribution in [2.75, 3.05) is 0 Å². The zero-order chi connectivity index (χ0) is 26.8. The smallest absolute Gasteiger partial charge is 0.132 e. The monoisotopic (exact) mass is 516 g/mol. The average Bonchev–Trinajstić information content (AvgIpc) is 2.87. The highest BCUT2D eigenvalue weighted by molar-refractivity contribution is 5.78. The quantitative estimate of drug-likeness (QED) is 0.300. The van der Waals surface area contributed by atoms with Gasteiger partial charge in [0.05, 0.1) is 11.4 Å². The van der Waals surface area contributed by atoms with Crippen LogP contribution < -0.4 is 4.74 Å². The lowest BCUT2D eigenvalue weighted by Gasteiger charge is -2.25. The molecule has 1 fully saturated rings. The summed E-state index contributed by atoms with van der Waals surface area (Å²) in [5, 5.41) is 0. The number of para-hydroxylation sites is 1. The third-order valence-electron chi connectivity index (χ3n) is 8.17. The van der Waals surface area contributed by atoms with Gasteiger partial charge in [0.2, 0.25) is 0 Å². The van der Waals surface area contributed by atoms with E-state index in [1.54, 1.807) is 6.33 Å². The van der Waals surface area contributed by atoms with E-state index in [4.69, 9.17) is 4.74 Å². The fourth-order valence-corrected chi connectivity index (χ4v) is 6.22. The maximum atomic E-state index is 12.6. The van der Waals surface area contributed by atoms with Crippen LogP contribution >= 0.6 is 0 Å². The van der Waals surface area contributed by atoms with Crippen molar-refractivity contribution < 1.29 is 9.53 Å². The minimum absolute atomic E-state index is 0.211. The Kier molecular flexibility index (Phi) is 10.5. The molecule has 0 atom stereocenters. The number of carbonyl (C=O) groups excluding carboxylic acids is 1. The van der Waals surface area contributed by atoms with Crippen LogP contribution in [0.1, 0.15) is 120 Å². The average molecular weight is 517 g/mol. The van der Waals surface area contributed by atoms with Crippen molar-refractivity contribution in [1.82, 2.24) is 9.97 Å². The summed E-state index contributed by atoms with van der Waals surface area (Å²) in [7, 11) is 0. The molecule has 1 saturated carbocycles. The van der Waals surface area contributed by atoms with E-state index in [9.17, 15) is 4.79 Å². The summed E-state index contributed by atoms with van der Waals surface area (Å²) in [6.45, 7) is 6.22. The summed E-state index contributed by atoms with van der Waals surface area (Å²) in [5.74, 6) is 2.91. The van der Waals surface area contributed by atoms with Gasteiger partial charge in [-0.1, -0.05) is 75.3 Å². The van der Waals surface area contributed by atoms with Crippen LogP contribution in [0.5, 0.6) is 5.75 Å². The SMILES string of the molecule is CC(C)(C)Oc1ccccc1CCCC(=O)CCCC1CCCC(Cc2ncnc3c2C=CCC3)CCC1. The van der Waals surface area contributed by atoms with Gasteiger partial charge < -0.3 is 4.74 Å². The first-order valence-electron chi connectivity index (χ1n) is 15.2. The molecule has 0 aliphatic heterocycles. The summed E-state index contributed by atoms with van der Waals surface area (Å²) >= 11 is 0. The molecule has 0 saturated heterocycles. The molecular weight excluding hydrogens is 468 g/mol. The lowest BCUT2D eigenvalue weighted by molar-refractivity contribution is -0.119. The predicted octanol–water partition coefficient (Wildman–Crippen LogP) is 8.50. The molecule has 1 heterocycles. The van der Waals surface area contributed by atoms with Gasteiger partial charge in [-0.05, 0) is 82.8 Å². The van der Waals surface area contributed by atoms with Gasteiger partial charge in [-0.2, -0.15) is 0 Å². The van der Waals surface area contributed by atoms with E-state index in [0.717, 1.165) is 62.5 Å². The van der Waals surface area contributed by atoms with E-state index < -0.39 is 0 Å². The number of allylic oxidation sites excluding steroid dienone is 1. The molecule has 2 aromatic rings. The molecule has 0 radical (unpaired) electrons. The Bertz CT molecular complexity index is 1060. The van der Waals surface area contributed by atoms with Crippen LogP contribution in [0.4, 0.5) is 0 Å². The number of aromatic nitrogens is 2. The highest BCUT2D eigenvalue weighted by Crippen LogP contribution is 2.32. The Hall–Kier alpha value is -2.49. The van der Waals surface area contributed by atoms with Crippen molar-refractivity contribution in [1.29, 1.82) is 0 Å². The van der Waals surface area contributed by atoms with Crippen LogP contribution in [0, 0.1) is 11.8 Å². The number of rotatable bonds is 11. The lowest BCUT2D eigenvalue weighted by atomic mass is 9.81. The van der Waals surface area contributed by atoms with Crippen molar-refractivity contribution in [3.63, 3.8) is 0 Å². The Balaban J connectivity index is 1.12. The van der Waals surface area contributed by atoms with Gasteiger partial charge in [-0.3, -0.25) is 4.79 Å². The normalized spacial score (nSPS) is 19.9. The molecule has 0 spiro atoms. The molecule has 4 heteroatoms. The van der Waals surface area contributed by atoms with Crippen LogP contribution in [-0.4, -0.2) is 21.4 Å². The molecule has 1 aromatic carbocycles. The second-order valence-corrected chi connectivity index (χ2v) is 12.5. The number of ketones is 1. The Morgan fingerprint density at radius 1 is 0.974 bits per heavy atom. The summed E-state index contributed by atoms with van der Waals surface area (Å²) in [6.07, 6.45) is 22.9. The second-order valence-electron chi connectivity index (χ2n) is 12.5. The van der Waals surface area contributed by atoms with E-state index in [1.807, 2.05) is 12.1 Å². The summed E-state index contributed by atoms with van der Waals surface area (Å²) in [5.41, 5.74) is 4.79. The van der Waals surface area contributed by atoms with Gasteiger partial charge >= 0.3 is 0 Å². The second kappa shape index (κ2) is 14.1. The number of benzene rings is 1. The van der Waals surface area contributed by atoms with E-state index in [-0.39, 0.29) is 5.60 Å². The Morgan fingerprint density at radius 3 is 2.50 bits per heavy atom. The highest BCUT2D eigenvalue weighted by Gasteiger charge is 2.20. The number of ether oxygens (including phenoxy) is 1. The molecule has 0 bridgehead atoms. The van der Waals surface area contributed by atoms with E-state index in [0.29, 0.717) is 12.2 Å². The van der Waals surface area contributed by atoms with Gasteiger partial charge in [0.1, 0.15) is 23.5 Å². The molecule has 0 amide bonds. The summed E-state index contributed by atoms with van der Waals surface area (Å²) < 4.78 is 6.11. The van der Waals surface area contributed by atoms with Crippen molar-refractivity contribution >= 4 is 11.9 Å². The molecule has 1 aromatic heterocycles. The largest absolute Gasteiger partial charge is 0.488 e. The number of aryl methyl sites for hydroxylation is 2. The van der Waals surface area contributed by atoms with Crippen molar-refractivity contribution in [2.24, 2.45) is 11.8 Å². The van der Waals surface area contributed by atoms with E-state index >= 15 is 0 Å². The molecular formula is C34H48N2O2. The molecule has 38 heavy (non-hydrogen) atoms. The van der Waals surface area contributed by atoms with Crippen molar-refractivity contribution in [3.05, 3.63) is 59.2 Å². The molecule has 2 aliphatic rings. The molecule has 4 rings (SSSR count). The number of hydrogen-bond acceptors (Lipinski definition) is 4. The molecule has 0 unspecified atom stereocenters. The summed E-state index contributed by atoms with van der Waals surface area (Å²) in [6, 6.07) is 8.25. The van der Waals surface area contributed by atoms with Crippen molar-refractivity contribution in [3.8, 4) is 5.75 Å². The van der Waals surface area contributed by atoms with Crippen LogP contribution in [0.25, 0.3) is 6.08 Å². The van der Waals surface area contributed by atoms with Gasteiger partial charge in [0.15, 0.2) is 0 Å². The summed E-state index contributed by atoms with van der Waals surface area (Å²) in [4.78, 5) is 21.8. The van der Waals surface area contributed by atoms with Crippen LogP contribution in [0.15, 0.2) is 36.7 Å². The maximum absolute atomic E-state index is 12.6. The lowest BCUT2D eigenvalue weighted by Crippen LogP contribution is -2.23. The first-order valence-corrected chi connectivity index (χ1v) is 15.2. The number of fused-ring (bicyclic) bond motifs is 1. The van der Waals surface area contributed by atoms with Crippen LogP contribution in [0.3, 0.4) is 0 Å². The minimum Gasteiger partial charge on any atom is -0.488 e. The topological polar surface area (TPSA) is 52.1 Å². The molecule has 0 N–H and O–H groups in total. The fourth-order valence-electron chi connectivity index (χ4n) is 6.22. The highest BCUT2D eigenvalue weighted by atomic mass is 16.5. The van der Waals surface area contributed by atoms with Crippen LogP contribution in [0.2, 0.25) is 0 Å². The van der Waals surface area contributed by atoms with Crippen LogP contribution in [-0.2, 0) is 24.1 Å². The molecule has 206 valence electrons. The minimum atomic E-state index is -0.211. The third kappa shape index (κ3) is 9.06. The van der Waals surface area contributed by atoms with Gasteiger partial charge in [0.25, 0.3) is 0 Å². The number of carbonyl (C=O) groups is 1. The zero-order valence-electron chi connectivity index (χ0n) is 24.0. The first kappa shape index (κ1) is 28.5. The Labute approximate surface area is 230 Å². The number of hydrogen-bond donors (Lipinski definition) is 0. The van der Waals surface area contributed by atoms with E-state index in [2.05, 4.69) is 55.0 Å². The number of Topliss-reactive ketones (excluding diaryl/α,β-unsaturated/α-hetero) is 1. The van der Waals surface area contributed by atoms with Crippen molar-refractivity contribution in [2.45, 2.75) is 123 Å². The molecule has 2 aliphatic carbocycles. The Morgan fingerprint density at radius 2 is 1.71 bits per heavy atom. The molecule has 4 nitrogen and oxygen atoms in total. The van der Waals surface area contributed by atoms with Gasteiger partial charge in [0, 0.05) is 18.4 Å². The standard InChI is InChI=1S/C34H48N2O2/c1-34(2,3)38-33-23-7-4-17-28(33)18-11-20-29(37)19-10-14-26-12-8-15-27(16-9-13-26)24-32-30-21-5-6-22-31(30)35-25-36-32/h4-5,7,17,21,23,25-27H,6,8-16,18-20,22,24H2,1-3H3. The predicted molar refractivity (Wildman–Crippen MR) is 156 cm³/mol. The van der Waals surface area contributed by atoms with Gasteiger partial charge in [-0.15, -0.1) is 0 Å². The fraction of sp³-hybridized carbons (Fsp3) is 0.618. The first-order chi connectivity index (χ1) is 18.4. The third-order valence-corrected chi connectivity index (χ3v) is 8.17. The zero-order valence-corrected chi connectivity index (χ0v) is 24.0.